The van der Waals surface area contributed by atoms with Crippen LogP contribution in [0.5, 0.6) is 5.75 Å². The summed E-state index contributed by atoms with van der Waals surface area (Å²) in [6.07, 6.45) is 0. The first kappa shape index (κ1) is 10.6. The normalized spacial score (nSPS) is 10.5. The molecule has 0 aliphatic carbocycles. The Morgan fingerprint density at radius 3 is 2.47 bits per heavy atom. The molecule has 4 heteroatoms. The van der Waals surface area contributed by atoms with Gasteiger partial charge in [0.05, 0.1) is 5.75 Å². The van der Waals surface area contributed by atoms with E-state index < -0.39 is 0 Å². The topological polar surface area (TPSA) is 33.4 Å². The van der Waals surface area contributed by atoms with Gasteiger partial charge in [0.15, 0.2) is 4.67 Å². The van der Waals surface area contributed by atoms with Gasteiger partial charge in [-0.3, -0.25) is 0 Å². The molecular weight excluding hydrogens is 276 g/mol. The van der Waals surface area contributed by atoms with Gasteiger partial charge < -0.3 is 9.52 Å². The van der Waals surface area contributed by atoms with Crippen LogP contribution in [0.25, 0.3) is 0 Å². The fourth-order valence-electron chi connectivity index (χ4n) is 1.13. The van der Waals surface area contributed by atoms with Crippen LogP contribution in [-0.4, -0.2) is 5.11 Å². The summed E-state index contributed by atoms with van der Waals surface area (Å²) >= 11 is 4.93. The molecule has 1 aromatic carbocycles. The third kappa shape index (κ3) is 3.04. The largest absolute Gasteiger partial charge is 0.508 e. The lowest BCUT2D eigenvalue weighted by atomic mass is 10.3. The Morgan fingerprint density at radius 1 is 1.13 bits per heavy atom. The van der Waals surface area contributed by atoms with Crippen LogP contribution in [0.1, 0.15) is 5.76 Å². The van der Waals surface area contributed by atoms with Crippen LogP contribution in [-0.2, 0) is 5.75 Å². The van der Waals surface area contributed by atoms with Crippen molar-refractivity contribution in [1.82, 2.24) is 0 Å². The number of aromatic hydroxyl groups is 1. The molecule has 0 bridgehead atoms. The number of hydrogen-bond donors (Lipinski definition) is 1. The van der Waals surface area contributed by atoms with Gasteiger partial charge in [-0.05, 0) is 52.3 Å². The highest BCUT2D eigenvalue weighted by atomic mass is 79.9. The molecular formula is C11H9BrO2S. The van der Waals surface area contributed by atoms with Crippen molar-refractivity contribution in [3.63, 3.8) is 0 Å². The molecule has 1 heterocycles. The maximum absolute atomic E-state index is 9.11. The summed E-state index contributed by atoms with van der Waals surface area (Å²) in [5.74, 6) is 2.01. The Hall–Kier alpha value is -0.870. The van der Waals surface area contributed by atoms with Gasteiger partial charge in [-0.25, -0.2) is 0 Å². The molecule has 0 atom stereocenters. The molecule has 0 radical (unpaired) electrons. The number of phenols is 1. The fourth-order valence-corrected chi connectivity index (χ4v) is 2.26. The van der Waals surface area contributed by atoms with Crippen LogP contribution in [0.3, 0.4) is 0 Å². The van der Waals surface area contributed by atoms with E-state index in [1.165, 1.54) is 0 Å². The van der Waals surface area contributed by atoms with Gasteiger partial charge in [0.1, 0.15) is 11.5 Å². The number of thioether (sulfide) groups is 1. The summed E-state index contributed by atoms with van der Waals surface area (Å²) in [6.45, 7) is 0. The Morgan fingerprint density at radius 2 is 1.87 bits per heavy atom. The number of rotatable bonds is 3. The van der Waals surface area contributed by atoms with Crippen molar-refractivity contribution in [1.29, 1.82) is 0 Å². The minimum Gasteiger partial charge on any atom is -0.508 e. The molecule has 0 unspecified atom stereocenters. The number of benzene rings is 1. The van der Waals surface area contributed by atoms with Gasteiger partial charge in [0, 0.05) is 4.90 Å². The first-order valence-corrected chi connectivity index (χ1v) is 6.18. The summed E-state index contributed by atoms with van der Waals surface area (Å²) in [5.41, 5.74) is 0. The molecule has 0 aliphatic heterocycles. The van der Waals surface area contributed by atoms with Crippen LogP contribution in [0.2, 0.25) is 0 Å². The summed E-state index contributed by atoms with van der Waals surface area (Å²) in [7, 11) is 0. The van der Waals surface area contributed by atoms with Crippen LogP contribution < -0.4 is 0 Å². The van der Waals surface area contributed by atoms with Crippen molar-refractivity contribution in [3.05, 3.63) is 46.8 Å². The zero-order valence-corrected chi connectivity index (χ0v) is 10.2. The van der Waals surface area contributed by atoms with Crippen molar-refractivity contribution in [2.75, 3.05) is 0 Å². The van der Waals surface area contributed by atoms with Crippen LogP contribution in [0, 0.1) is 0 Å². The monoisotopic (exact) mass is 284 g/mol. The van der Waals surface area contributed by atoms with Crippen LogP contribution >= 0.6 is 27.7 Å². The van der Waals surface area contributed by atoms with E-state index in [2.05, 4.69) is 15.9 Å². The fraction of sp³-hybridized carbons (Fsp3) is 0.0909. The van der Waals surface area contributed by atoms with Crippen molar-refractivity contribution < 1.29 is 9.52 Å². The molecule has 2 nitrogen and oxygen atoms in total. The molecule has 0 saturated carbocycles. The highest BCUT2D eigenvalue weighted by molar-refractivity contribution is 9.10. The maximum atomic E-state index is 9.11. The molecule has 78 valence electrons. The smallest absolute Gasteiger partial charge is 0.169 e. The highest BCUT2D eigenvalue weighted by Crippen LogP contribution is 2.26. The second-order valence-electron chi connectivity index (χ2n) is 2.99. The van der Waals surface area contributed by atoms with Gasteiger partial charge in [-0.2, -0.15) is 0 Å². The second kappa shape index (κ2) is 4.77. The van der Waals surface area contributed by atoms with Crippen molar-refractivity contribution >= 4 is 27.7 Å². The molecule has 1 aromatic heterocycles. The predicted octanol–water partition coefficient (Wildman–Crippen LogP) is 4.04. The van der Waals surface area contributed by atoms with Gasteiger partial charge in [0.2, 0.25) is 0 Å². The molecule has 0 fully saturated rings. The Bertz CT molecular complexity index is 436. The first-order valence-electron chi connectivity index (χ1n) is 4.40. The van der Waals surface area contributed by atoms with Crippen molar-refractivity contribution in [3.8, 4) is 5.75 Å². The number of halogens is 1. The zero-order valence-electron chi connectivity index (χ0n) is 7.81. The van der Waals surface area contributed by atoms with E-state index in [4.69, 9.17) is 9.52 Å². The van der Waals surface area contributed by atoms with Gasteiger partial charge in [-0.1, -0.05) is 0 Å². The van der Waals surface area contributed by atoms with E-state index in [1.807, 2.05) is 24.3 Å². The average Bonchev–Trinajstić information content (AvgIpc) is 2.64. The van der Waals surface area contributed by atoms with Gasteiger partial charge >= 0.3 is 0 Å². The Labute approximate surface area is 100 Å². The average molecular weight is 285 g/mol. The lowest BCUT2D eigenvalue weighted by Crippen LogP contribution is -1.75. The van der Waals surface area contributed by atoms with Crippen molar-refractivity contribution in [2.24, 2.45) is 0 Å². The van der Waals surface area contributed by atoms with E-state index in [-0.39, 0.29) is 0 Å². The highest BCUT2D eigenvalue weighted by Gasteiger charge is 2.00. The van der Waals surface area contributed by atoms with E-state index in [9.17, 15) is 0 Å². The zero-order chi connectivity index (χ0) is 10.7. The van der Waals surface area contributed by atoms with Gasteiger partial charge in [0.25, 0.3) is 0 Å². The number of phenolic OH excluding ortho intramolecular Hbond substituents is 1. The molecule has 0 aliphatic rings. The van der Waals surface area contributed by atoms with Crippen molar-refractivity contribution in [2.45, 2.75) is 10.6 Å². The summed E-state index contributed by atoms with van der Waals surface area (Å²) < 4.78 is 6.13. The second-order valence-corrected chi connectivity index (χ2v) is 4.82. The minimum atomic E-state index is 0.292. The first-order chi connectivity index (χ1) is 7.24. The SMILES string of the molecule is Oc1ccc(SCc2ccc(Br)o2)cc1. The Balaban J connectivity index is 1.96. The lowest BCUT2D eigenvalue weighted by molar-refractivity contribution is 0.475. The third-order valence-electron chi connectivity index (χ3n) is 1.85. The molecule has 0 saturated heterocycles. The molecule has 15 heavy (non-hydrogen) atoms. The van der Waals surface area contributed by atoms with Gasteiger partial charge in [-0.15, -0.1) is 11.8 Å². The van der Waals surface area contributed by atoms with E-state index in [0.717, 1.165) is 21.1 Å². The van der Waals surface area contributed by atoms with E-state index in [0.29, 0.717) is 5.75 Å². The lowest BCUT2D eigenvalue weighted by Gasteiger charge is -1.99. The molecule has 0 amide bonds. The molecule has 2 aromatic rings. The third-order valence-corrected chi connectivity index (χ3v) is 3.31. The summed E-state index contributed by atoms with van der Waals surface area (Å²) in [5, 5.41) is 9.11. The number of hydrogen-bond acceptors (Lipinski definition) is 3. The summed E-state index contributed by atoms with van der Waals surface area (Å²) in [6, 6.07) is 11.0. The maximum Gasteiger partial charge on any atom is 0.169 e. The summed E-state index contributed by atoms with van der Waals surface area (Å²) in [4.78, 5) is 1.11. The van der Waals surface area contributed by atoms with Crippen LogP contribution in [0.15, 0.2) is 50.4 Å². The van der Waals surface area contributed by atoms with E-state index >= 15 is 0 Å². The molecule has 2 rings (SSSR count). The molecule has 0 spiro atoms. The number of furan rings is 1. The van der Waals surface area contributed by atoms with Crippen LogP contribution in [0.4, 0.5) is 0 Å². The molecule has 1 N–H and O–H groups in total. The quantitative estimate of drug-likeness (QED) is 0.864. The Kier molecular flexibility index (Phi) is 3.38. The minimum absolute atomic E-state index is 0.292. The standard InChI is InChI=1S/C11H9BrO2S/c12-11-6-3-9(14-11)7-15-10-4-1-8(13)2-5-10/h1-6,13H,7H2. The van der Waals surface area contributed by atoms with E-state index in [1.54, 1.807) is 23.9 Å². The predicted molar refractivity (Wildman–Crippen MR) is 64.1 cm³/mol.